The number of phenols is 1. The fourth-order valence-electron chi connectivity index (χ4n) is 6.97. The first-order valence-corrected chi connectivity index (χ1v) is 13.9. The van der Waals surface area contributed by atoms with Gasteiger partial charge in [-0.05, 0) is 76.8 Å². The van der Waals surface area contributed by atoms with E-state index in [1.165, 1.54) is 11.0 Å². The van der Waals surface area contributed by atoms with Gasteiger partial charge in [-0.25, -0.2) is 0 Å². The number of phenolic OH excluding ortho intramolecular Hbond substituents is 1. The van der Waals surface area contributed by atoms with Gasteiger partial charge in [0.15, 0.2) is 34.7 Å². The van der Waals surface area contributed by atoms with E-state index in [9.17, 15) is 34.2 Å². The van der Waals surface area contributed by atoms with Gasteiger partial charge < -0.3 is 30.6 Å². The Hall–Kier alpha value is -3.71. The number of aliphatic hydroxyl groups is 1. The molecule has 3 aliphatic carbocycles. The summed E-state index contributed by atoms with van der Waals surface area (Å²) in [6.45, 7) is 2.11. The number of aromatic hydroxyl groups is 1. The second kappa shape index (κ2) is 10.8. The van der Waals surface area contributed by atoms with E-state index in [-0.39, 0.29) is 24.2 Å². The standard InChI is InChI=1S/C30H36N4O8/c1-33(2)10-9-32-13-15-5-8-20(42-15)16-6-7-19(35)22-17(16)11-14-12-18-24(34(3)4)26(37)23(29(31)40)28(39)30(18,41)27(38)21(14)25(22)36/h5-8,14,18,21,23-24,32,35,41H,9-13H2,1-4H3,(H2,31,40)/t14-,18-,21?,23?,24-,30-/m0/s1. The molecule has 6 atom stereocenters. The number of rotatable bonds is 8. The van der Waals surface area contributed by atoms with Crippen LogP contribution in [0, 0.1) is 23.7 Å². The third-order valence-corrected chi connectivity index (χ3v) is 8.91. The number of benzene rings is 1. The van der Waals surface area contributed by atoms with Crippen molar-refractivity contribution in [1.29, 1.82) is 0 Å². The molecule has 0 radical (unpaired) electrons. The molecule has 1 heterocycles. The van der Waals surface area contributed by atoms with Gasteiger partial charge in [-0.15, -0.1) is 0 Å². The first-order valence-electron chi connectivity index (χ1n) is 13.9. The van der Waals surface area contributed by atoms with Crippen molar-refractivity contribution in [3.05, 3.63) is 41.2 Å². The number of Topliss-reactive ketones (excluding diaryl/α,β-unsaturated/α-hetero) is 4. The monoisotopic (exact) mass is 580 g/mol. The minimum atomic E-state index is -2.75. The number of fused-ring (bicyclic) bond motifs is 3. The lowest BCUT2D eigenvalue weighted by Gasteiger charge is -2.52. The number of carbonyl (C=O) groups is 5. The molecule has 2 fully saturated rings. The van der Waals surface area contributed by atoms with Crippen LogP contribution in [0.4, 0.5) is 0 Å². The lowest BCUT2D eigenvalue weighted by atomic mass is 9.52. The van der Waals surface area contributed by atoms with E-state index < -0.39 is 64.4 Å². The summed E-state index contributed by atoms with van der Waals surface area (Å²) in [5.41, 5.74) is 3.61. The van der Waals surface area contributed by atoms with Crippen molar-refractivity contribution in [3.63, 3.8) is 0 Å². The summed E-state index contributed by atoms with van der Waals surface area (Å²) in [5.74, 6) is -9.58. The van der Waals surface area contributed by atoms with Crippen molar-refractivity contribution in [1.82, 2.24) is 15.1 Å². The Kier molecular flexibility index (Phi) is 7.69. The number of nitrogens with one attached hydrogen (secondary N) is 1. The summed E-state index contributed by atoms with van der Waals surface area (Å²) in [5, 5.41) is 25.8. The van der Waals surface area contributed by atoms with Gasteiger partial charge >= 0.3 is 0 Å². The number of nitrogens with zero attached hydrogens (tertiary/aromatic N) is 2. The number of ketones is 4. The molecule has 0 aliphatic heterocycles. The third-order valence-electron chi connectivity index (χ3n) is 8.91. The summed E-state index contributed by atoms with van der Waals surface area (Å²) < 4.78 is 6.07. The highest BCUT2D eigenvalue weighted by atomic mass is 16.3. The molecule has 1 aromatic carbocycles. The molecule has 5 N–H and O–H groups in total. The third kappa shape index (κ3) is 4.58. The SMILES string of the molecule is CN(C)CCNCc1ccc(-c2ccc(O)c3c2C[C@H]2C[C@H]4[C@H](N(C)C)C(=O)C(C(N)=O)C(=O)[C@@]4(O)C(=O)C2C3=O)o1. The summed E-state index contributed by atoms with van der Waals surface area (Å²) >= 11 is 0. The maximum atomic E-state index is 13.9. The molecular weight excluding hydrogens is 544 g/mol. The molecule has 0 bridgehead atoms. The summed E-state index contributed by atoms with van der Waals surface area (Å²) in [7, 11) is 7.06. The maximum absolute atomic E-state index is 13.9. The van der Waals surface area contributed by atoms with Crippen LogP contribution < -0.4 is 11.1 Å². The molecule has 12 heteroatoms. The Morgan fingerprint density at radius 1 is 1.10 bits per heavy atom. The van der Waals surface area contributed by atoms with Gasteiger partial charge in [0.2, 0.25) is 5.91 Å². The zero-order valence-electron chi connectivity index (χ0n) is 24.0. The number of carbonyl (C=O) groups excluding carboxylic acids is 5. The second-order valence-corrected chi connectivity index (χ2v) is 12.0. The first kappa shape index (κ1) is 29.8. The largest absolute Gasteiger partial charge is 0.507 e. The van der Waals surface area contributed by atoms with E-state index in [1.807, 2.05) is 20.2 Å². The quantitative estimate of drug-likeness (QED) is 0.239. The van der Waals surface area contributed by atoms with Crippen LogP contribution in [-0.2, 0) is 32.1 Å². The Bertz CT molecular complexity index is 1480. The molecule has 12 nitrogen and oxygen atoms in total. The van der Waals surface area contributed by atoms with E-state index in [2.05, 4.69) is 10.2 Å². The highest BCUT2D eigenvalue weighted by Crippen LogP contribution is 2.51. The average Bonchev–Trinajstić information content (AvgIpc) is 3.37. The van der Waals surface area contributed by atoms with Gasteiger partial charge in [-0.2, -0.15) is 0 Å². The van der Waals surface area contributed by atoms with Crippen LogP contribution in [0.15, 0.2) is 28.7 Å². The van der Waals surface area contributed by atoms with Crippen molar-refractivity contribution >= 4 is 29.0 Å². The van der Waals surface area contributed by atoms with Crippen LogP contribution in [0.5, 0.6) is 5.75 Å². The predicted molar refractivity (Wildman–Crippen MR) is 149 cm³/mol. The van der Waals surface area contributed by atoms with Crippen molar-refractivity contribution < 1.29 is 38.6 Å². The highest BCUT2D eigenvalue weighted by molar-refractivity contribution is 6.32. The smallest absolute Gasteiger partial charge is 0.235 e. The van der Waals surface area contributed by atoms with Gasteiger partial charge in [0.25, 0.3) is 0 Å². The van der Waals surface area contributed by atoms with Crippen LogP contribution >= 0.6 is 0 Å². The molecule has 3 aliphatic rings. The molecule has 2 saturated carbocycles. The van der Waals surface area contributed by atoms with Gasteiger partial charge in [-0.1, -0.05) is 0 Å². The van der Waals surface area contributed by atoms with Crippen molar-refractivity contribution in [2.75, 3.05) is 41.3 Å². The minimum absolute atomic E-state index is 0.0157. The fraction of sp³-hybridized carbons (Fsp3) is 0.500. The maximum Gasteiger partial charge on any atom is 0.235 e. The number of hydrogen-bond donors (Lipinski definition) is 4. The highest BCUT2D eigenvalue weighted by Gasteiger charge is 2.69. The Labute approximate surface area is 242 Å². The van der Waals surface area contributed by atoms with Gasteiger partial charge in [0.05, 0.1) is 24.1 Å². The molecule has 0 spiro atoms. The number of amides is 1. The summed E-state index contributed by atoms with van der Waals surface area (Å²) in [4.78, 5) is 70.1. The van der Waals surface area contributed by atoms with Crippen molar-refractivity contribution in [3.8, 4) is 17.1 Å². The topological polar surface area (TPSA) is 183 Å². The Morgan fingerprint density at radius 3 is 2.45 bits per heavy atom. The average molecular weight is 581 g/mol. The van der Waals surface area contributed by atoms with Crippen molar-refractivity contribution in [2.45, 2.75) is 31.0 Å². The Balaban J connectivity index is 1.52. The molecule has 0 saturated heterocycles. The van der Waals surface area contributed by atoms with Crippen molar-refractivity contribution in [2.24, 2.45) is 29.4 Å². The Morgan fingerprint density at radius 2 is 1.81 bits per heavy atom. The van der Waals surface area contributed by atoms with Gasteiger partial charge in [0.1, 0.15) is 17.3 Å². The van der Waals surface area contributed by atoms with Crippen LogP contribution in [0.25, 0.3) is 11.3 Å². The van der Waals surface area contributed by atoms with Crippen LogP contribution in [0.2, 0.25) is 0 Å². The number of primary amides is 1. The minimum Gasteiger partial charge on any atom is -0.507 e. The second-order valence-electron chi connectivity index (χ2n) is 12.0. The van der Waals surface area contributed by atoms with E-state index in [0.29, 0.717) is 29.2 Å². The normalized spacial score (nSPS) is 29.1. The van der Waals surface area contributed by atoms with Gasteiger partial charge in [-0.3, -0.25) is 28.9 Å². The molecule has 42 heavy (non-hydrogen) atoms. The van der Waals surface area contributed by atoms with E-state index >= 15 is 0 Å². The molecule has 1 aromatic heterocycles. The fourth-order valence-corrected chi connectivity index (χ4v) is 6.97. The van der Waals surface area contributed by atoms with Crippen LogP contribution in [-0.4, -0.2) is 102 Å². The molecule has 1 amide bonds. The van der Waals surface area contributed by atoms with E-state index in [1.54, 1.807) is 26.2 Å². The lowest BCUT2D eigenvalue weighted by Crippen LogP contribution is -2.74. The number of furan rings is 1. The van der Waals surface area contributed by atoms with Crippen LogP contribution in [0.1, 0.15) is 28.1 Å². The zero-order valence-corrected chi connectivity index (χ0v) is 24.0. The molecule has 2 unspecified atom stereocenters. The number of likely N-dealkylation sites (N-methyl/N-ethyl adjacent to an activating group) is 2. The number of hydrogen-bond acceptors (Lipinski definition) is 11. The molecule has 5 rings (SSSR count). The molecular formula is C30H36N4O8. The number of nitrogens with two attached hydrogens (primary N) is 1. The lowest BCUT2D eigenvalue weighted by molar-refractivity contribution is -0.181. The summed E-state index contributed by atoms with van der Waals surface area (Å²) in [6, 6.07) is 5.46. The predicted octanol–water partition coefficient (Wildman–Crippen LogP) is -0.222. The van der Waals surface area contributed by atoms with Crippen LogP contribution in [0.3, 0.4) is 0 Å². The summed E-state index contributed by atoms with van der Waals surface area (Å²) in [6.07, 6.45) is 0.144. The molecule has 224 valence electrons. The zero-order chi connectivity index (χ0) is 30.7. The first-order chi connectivity index (χ1) is 19.8. The molecule has 2 aromatic rings. The van der Waals surface area contributed by atoms with E-state index in [0.717, 1.165) is 13.1 Å². The van der Waals surface area contributed by atoms with Gasteiger partial charge in [0, 0.05) is 24.6 Å². The van der Waals surface area contributed by atoms with E-state index in [4.69, 9.17) is 10.2 Å².